The van der Waals surface area contributed by atoms with Crippen LogP contribution in [-0.4, -0.2) is 25.8 Å². The number of hydrogen-bond donors (Lipinski definition) is 0. The van der Waals surface area contributed by atoms with Crippen molar-refractivity contribution < 1.29 is 12.6 Å². The van der Waals surface area contributed by atoms with E-state index >= 15 is 0 Å². The third-order valence-electron chi connectivity index (χ3n) is 3.12. The lowest BCUT2D eigenvalue weighted by atomic mass is 10.0. The second-order valence-corrected chi connectivity index (χ2v) is 6.32. The fraction of sp³-hybridized carbons (Fsp3) is 0.357. The third kappa shape index (κ3) is 3.52. The highest BCUT2D eigenvalue weighted by atomic mass is 32.2. The van der Waals surface area contributed by atoms with Crippen LogP contribution >= 0.6 is 0 Å². The quantitative estimate of drug-likeness (QED) is 0.807. The SMILES string of the molecule is CC(OS(C)(=O)=O)C(C)c1ccc2ccccc2n1. The molecule has 0 radical (unpaired) electrons. The van der Waals surface area contributed by atoms with Gasteiger partial charge in [-0.3, -0.25) is 9.17 Å². The number of rotatable bonds is 4. The summed E-state index contributed by atoms with van der Waals surface area (Å²) in [4.78, 5) is 4.55. The summed E-state index contributed by atoms with van der Waals surface area (Å²) in [7, 11) is -3.45. The first-order chi connectivity index (χ1) is 8.87. The van der Waals surface area contributed by atoms with Crippen LogP contribution in [0.25, 0.3) is 10.9 Å². The molecule has 0 saturated heterocycles. The van der Waals surface area contributed by atoms with Crippen molar-refractivity contribution in [3.05, 3.63) is 42.1 Å². The number of benzene rings is 1. The number of pyridine rings is 1. The van der Waals surface area contributed by atoms with Gasteiger partial charge in [-0.15, -0.1) is 0 Å². The van der Waals surface area contributed by atoms with Crippen LogP contribution in [0.4, 0.5) is 0 Å². The van der Waals surface area contributed by atoms with Crippen LogP contribution in [0.2, 0.25) is 0 Å². The summed E-state index contributed by atoms with van der Waals surface area (Å²) in [5.41, 5.74) is 1.73. The summed E-state index contributed by atoms with van der Waals surface area (Å²) in [6, 6.07) is 11.7. The monoisotopic (exact) mass is 279 g/mol. The molecule has 0 fully saturated rings. The maximum Gasteiger partial charge on any atom is 0.264 e. The molecule has 0 amide bonds. The maximum atomic E-state index is 11.1. The van der Waals surface area contributed by atoms with E-state index in [9.17, 15) is 8.42 Å². The Balaban J connectivity index is 2.28. The molecule has 0 bridgehead atoms. The van der Waals surface area contributed by atoms with Crippen LogP contribution in [0.5, 0.6) is 0 Å². The van der Waals surface area contributed by atoms with Gasteiger partial charge in [-0.05, 0) is 19.1 Å². The van der Waals surface area contributed by atoms with Crippen LogP contribution in [0.15, 0.2) is 36.4 Å². The third-order valence-corrected chi connectivity index (χ3v) is 3.77. The van der Waals surface area contributed by atoms with Crippen molar-refractivity contribution in [1.82, 2.24) is 4.98 Å². The molecule has 2 rings (SSSR count). The molecule has 0 saturated carbocycles. The lowest BCUT2D eigenvalue weighted by molar-refractivity contribution is 0.203. The van der Waals surface area contributed by atoms with Gasteiger partial charge < -0.3 is 0 Å². The Morgan fingerprint density at radius 1 is 1.11 bits per heavy atom. The molecule has 0 aliphatic rings. The van der Waals surface area contributed by atoms with Crippen LogP contribution in [0.1, 0.15) is 25.5 Å². The average molecular weight is 279 g/mol. The van der Waals surface area contributed by atoms with E-state index in [-0.39, 0.29) is 5.92 Å². The van der Waals surface area contributed by atoms with Crippen LogP contribution in [-0.2, 0) is 14.3 Å². The molecular weight excluding hydrogens is 262 g/mol. The Kier molecular flexibility index (Phi) is 3.87. The Morgan fingerprint density at radius 2 is 1.79 bits per heavy atom. The maximum absolute atomic E-state index is 11.1. The van der Waals surface area contributed by atoms with Crippen molar-refractivity contribution in [2.24, 2.45) is 0 Å². The first-order valence-corrected chi connectivity index (χ1v) is 7.92. The minimum Gasteiger partial charge on any atom is -0.267 e. The van der Waals surface area contributed by atoms with E-state index in [0.717, 1.165) is 22.9 Å². The Morgan fingerprint density at radius 3 is 2.47 bits per heavy atom. The summed E-state index contributed by atoms with van der Waals surface area (Å²) in [5.74, 6) is -0.0978. The van der Waals surface area contributed by atoms with Gasteiger partial charge in [-0.2, -0.15) is 8.42 Å². The summed E-state index contributed by atoms with van der Waals surface area (Å²) in [5, 5.41) is 1.06. The number of fused-ring (bicyclic) bond motifs is 1. The molecule has 0 aliphatic carbocycles. The van der Waals surface area contributed by atoms with E-state index in [1.807, 2.05) is 43.3 Å². The zero-order chi connectivity index (χ0) is 14.0. The van der Waals surface area contributed by atoms with Gasteiger partial charge in [0.25, 0.3) is 10.1 Å². The minimum atomic E-state index is -3.45. The average Bonchev–Trinajstić information content (AvgIpc) is 2.35. The van der Waals surface area contributed by atoms with E-state index in [2.05, 4.69) is 4.98 Å². The van der Waals surface area contributed by atoms with Crippen molar-refractivity contribution in [2.75, 3.05) is 6.26 Å². The molecule has 5 heteroatoms. The summed E-state index contributed by atoms with van der Waals surface area (Å²) < 4.78 is 27.3. The van der Waals surface area contributed by atoms with Crippen LogP contribution < -0.4 is 0 Å². The fourth-order valence-electron chi connectivity index (χ4n) is 1.93. The van der Waals surface area contributed by atoms with E-state index < -0.39 is 16.2 Å². The minimum absolute atomic E-state index is 0.0978. The molecule has 0 N–H and O–H groups in total. The summed E-state index contributed by atoms with van der Waals surface area (Å²) >= 11 is 0. The lowest BCUT2D eigenvalue weighted by Crippen LogP contribution is -2.21. The van der Waals surface area contributed by atoms with Crippen molar-refractivity contribution >= 4 is 21.0 Å². The Labute approximate surface area is 113 Å². The second-order valence-electron chi connectivity index (χ2n) is 4.72. The highest BCUT2D eigenvalue weighted by Gasteiger charge is 2.20. The molecule has 0 aliphatic heterocycles. The predicted octanol–water partition coefficient (Wildman–Crippen LogP) is 2.70. The molecule has 102 valence electrons. The van der Waals surface area contributed by atoms with E-state index in [1.165, 1.54) is 0 Å². The first kappa shape index (κ1) is 14.0. The van der Waals surface area contributed by atoms with Gasteiger partial charge in [-0.25, -0.2) is 0 Å². The van der Waals surface area contributed by atoms with Gasteiger partial charge in [0.05, 0.1) is 17.9 Å². The van der Waals surface area contributed by atoms with Crippen molar-refractivity contribution in [3.63, 3.8) is 0 Å². The van der Waals surface area contributed by atoms with Crippen LogP contribution in [0.3, 0.4) is 0 Å². The molecule has 1 heterocycles. The highest BCUT2D eigenvalue weighted by molar-refractivity contribution is 7.86. The van der Waals surface area contributed by atoms with Crippen molar-refractivity contribution in [2.45, 2.75) is 25.9 Å². The number of hydrogen-bond acceptors (Lipinski definition) is 4. The molecule has 2 atom stereocenters. The Hall–Kier alpha value is -1.46. The zero-order valence-corrected chi connectivity index (χ0v) is 12.0. The molecule has 4 nitrogen and oxygen atoms in total. The fourth-order valence-corrected chi connectivity index (χ4v) is 2.65. The molecule has 19 heavy (non-hydrogen) atoms. The predicted molar refractivity (Wildman–Crippen MR) is 75.5 cm³/mol. The normalized spacial score (nSPS) is 15.3. The lowest BCUT2D eigenvalue weighted by Gasteiger charge is -2.18. The van der Waals surface area contributed by atoms with Crippen LogP contribution in [0, 0.1) is 0 Å². The van der Waals surface area contributed by atoms with Gasteiger partial charge in [0.1, 0.15) is 0 Å². The Bertz CT molecular complexity index is 682. The molecule has 2 unspecified atom stereocenters. The zero-order valence-electron chi connectivity index (χ0n) is 11.2. The number of aromatic nitrogens is 1. The summed E-state index contributed by atoms with van der Waals surface area (Å²) in [6.07, 6.45) is 0.619. The molecule has 1 aromatic heterocycles. The van der Waals surface area contributed by atoms with E-state index in [0.29, 0.717) is 0 Å². The molecular formula is C14H17NO3S. The topological polar surface area (TPSA) is 56.3 Å². The van der Waals surface area contributed by atoms with Gasteiger partial charge in [0, 0.05) is 17.0 Å². The molecule has 1 aromatic carbocycles. The largest absolute Gasteiger partial charge is 0.267 e. The van der Waals surface area contributed by atoms with E-state index in [4.69, 9.17) is 4.18 Å². The van der Waals surface area contributed by atoms with E-state index in [1.54, 1.807) is 6.92 Å². The number of para-hydroxylation sites is 1. The molecule has 2 aromatic rings. The van der Waals surface area contributed by atoms with Gasteiger partial charge in [-0.1, -0.05) is 31.2 Å². The van der Waals surface area contributed by atoms with Gasteiger partial charge in [0.15, 0.2) is 0 Å². The molecule has 0 spiro atoms. The first-order valence-electron chi connectivity index (χ1n) is 6.11. The van der Waals surface area contributed by atoms with Crippen molar-refractivity contribution in [3.8, 4) is 0 Å². The smallest absolute Gasteiger partial charge is 0.264 e. The standard InChI is InChI=1S/C14H17NO3S/c1-10(11(2)18-19(3,16)17)13-9-8-12-6-4-5-7-14(12)15-13/h4-11H,1-3H3. The van der Waals surface area contributed by atoms with Gasteiger partial charge >= 0.3 is 0 Å². The van der Waals surface area contributed by atoms with Crippen molar-refractivity contribution in [1.29, 1.82) is 0 Å². The summed E-state index contributed by atoms with van der Waals surface area (Å²) in [6.45, 7) is 3.65. The second kappa shape index (κ2) is 5.27. The number of nitrogens with zero attached hydrogens (tertiary/aromatic N) is 1. The highest BCUT2D eigenvalue weighted by Crippen LogP contribution is 2.23. The van der Waals surface area contributed by atoms with Gasteiger partial charge in [0.2, 0.25) is 0 Å².